The number of carbonyl (C=O) groups is 3. The molecule has 4 unspecified atom stereocenters. The van der Waals surface area contributed by atoms with Crippen molar-refractivity contribution in [1.29, 1.82) is 0 Å². The summed E-state index contributed by atoms with van der Waals surface area (Å²) in [6.45, 7) is 13.9. The molecule has 2 aliphatic rings. The Balaban J connectivity index is 1.70. The molecule has 1 aliphatic heterocycles. The Kier molecular flexibility index (Phi) is 8.13. The van der Waals surface area contributed by atoms with E-state index in [0.29, 0.717) is 13.1 Å². The van der Waals surface area contributed by atoms with Crippen molar-refractivity contribution >= 4 is 23.5 Å². The lowest BCUT2D eigenvalue weighted by Crippen LogP contribution is -2.66. The molecular weight excluding hydrogens is 446 g/mol. The summed E-state index contributed by atoms with van der Waals surface area (Å²) in [4.78, 5) is 42.3. The normalized spacial score (nSPS) is 24.9. The maximum Gasteiger partial charge on any atom is 0.410 e. The van der Waals surface area contributed by atoms with Crippen LogP contribution >= 0.6 is 0 Å². The number of ether oxygens (including phenoxy) is 1. The summed E-state index contributed by atoms with van der Waals surface area (Å²) in [5.41, 5.74) is 0.377. The van der Waals surface area contributed by atoms with E-state index in [9.17, 15) is 14.4 Å². The van der Waals surface area contributed by atoms with Gasteiger partial charge in [0.25, 0.3) is 0 Å². The van der Waals surface area contributed by atoms with Crippen molar-refractivity contribution in [2.24, 2.45) is 17.8 Å². The van der Waals surface area contributed by atoms with E-state index < -0.39 is 17.7 Å². The Labute approximate surface area is 208 Å². The summed E-state index contributed by atoms with van der Waals surface area (Å²) < 4.78 is 11.0. The first-order valence-electron chi connectivity index (χ1n) is 12.4. The number of nitrogens with zero attached hydrogens (tertiary/aromatic N) is 2. The first-order chi connectivity index (χ1) is 16.4. The van der Waals surface area contributed by atoms with Gasteiger partial charge in [0.2, 0.25) is 11.8 Å². The Hall–Kier alpha value is -3.03. The minimum absolute atomic E-state index is 0.0987. The molecule has 3 rings (SSSR count). The highest BCUT2D eigenvalue weighted by atomic mass is 16.6. The van der Waals surface area contributed by atoms with Gasteiger partial charge in [-0.3, -0.25) is 9.59 Å². The van der Waals surface area contributed by atoms with Crippen LogP contribution in [0, 0.1) is 17.8 Å². The van der Waals surface area contributed by atoms with Gasteiger partial charge in [0.05, 0.1) is 12.8 Å². The maximum absolute atomic E-state index is 13.4. The van der Waals surface area contributed by atoms with Gasteiger partial charge in [-0.15, -0.1) is 0 Å². The third-order valence-electron chi connectivity index (χ3n) is 6.35. The van der Waals surface area contributed by atoms with Gasteiger partial charge < -0.3 is 24.3 Å². The summed E-state index contributed by atoms with van der Waals surface area (Å²) in [7, 11) is 0. The molecule has 1 N–H and O–H groups in total. The molecule has 0 radical (unpaired) electrons. The zero-order valence-corrected chi connectivity index (χ0v) is 21.9. The molecule has 0 aromatic carbocycles. The van der Waals surface area contributed by atoms with Gasteiger partial charge in [-0.05, 0) is 45.7 Å². The number of allylic oxidation sites excluding steroid dienone is 3. The molecule has 8 heteroatoms. The fourth-order valence-electron chi connectivity index (χ4n) is 4.50. The molecule has 1 saturated heterocycles. The molecule has 1 aromatic rings. The average molecular weight is 486 g/mol. The minimum Gasteiger partial charge on any atom is -0.464 e. The van der Waals surface area contributed by atoms with Crippen LogP contribution in [0.5, 0.6) is 0 Å². The van der Waals surface area contributed by atoms with Gasteiger partial charge in [0.1, 0.15) is 17.4 Å². The molecule has 0 saturated carbocycles. The zero-order valence-electron chi connectivity index (χ0n) is 21.9. The molecule has 1 aromatic heterocycles. The third-order valence-corrected chi connectivity index (χ3v) is 6.35. The number of rotatable bonds is 5. The number of hydrogen-bond donors (Lipinski definition) is 1. The molecule has 0 bridgehead atoms. The van der Waals surface area contributed by atoms with E-state index >= 15 is 0 Å². The maximum atomic E-state index is 13.4. The highest BCUT2D eigenvalue weighted by Crippen LogP contribution is 2.28. The lowest BCUT2D eigenvalue weighted by Gasteiger charge is -2.45. The van der Waals surface area contributed by atoms with Crippen LogP contribution in [0.2, 0.25) is 0 Å². The van der Waals surface area contributed by atoms with Crippen LogP contribution in [0.1, 0.15) is 54.2 Å². The van der Waals surface area contributed by atoms with E-state index in [0.717, 1.165) is 11.3 Å². The predicted octanol–water partition coefficient (Wildman–Crippen LogP) is 4.09. The highest BCUT2D eigenvalue weighted by molar-refractivity contribution is 5.89. The Morgan fingerprint density at radius 3 is 2.49 bits per heavy atom. The van der Waals surface area contributed by atoms with E-state index in [1.54, 1.807) is 11.2 Å². The van der Waals surface area contributed by atoms with Crippen molar-refractivity contribution in [1.82, 2.24) is 15.1 Å². The van der Waals surface area contributed by atoms with Crippen LogP contribution < -0.4 is 5.32 Å². The molecule has 2 heterocycles. The third kappa shape index (κ3) is 6.55. The van der Waals surface area contributed by atoms with Crippen molar-refractivity contribution in [2.45, 2.75) is 66.2 Å². The van der Waals surface area contributed by atoms with E-state index in [-0.39, 0.29) is 42.2 Å². The number of furan rings is 1. The first-order valence-corrected chi connectivity index (χ1v) is 12.4. The Morgan fingerprint density at radius 1 is 1.20 bits per heavy atom. The predicted molar refractivity (Wildman–Crippen MR) is 134 cm³/mol. The summed E-state index contributed by atoms with van der Waals surface area (Å²) in [6, 6.07) is 2.69. The molecule has 1 fully saturated rings. The molecule has 3 amide bonds. The van der Waals surface area contributed by atoms with Crippen molar-refractivity contribution in [3.63, 3.8) is 0 Å². The van der Waals surface area contributed by atoms with Crippen LogP contribution in [0.25, 0.3) is 5.57 Å². The standard InChI is InChI=1S/C27H39N3O5/c1-17(2)25(32)30-19(4)15-29(26(33)35-27(5,6)7)16-22(30)24(31)28-14-21-11-10-20(13-18(21)3)23-9-8-12-34-23/h8-13,17-19,21-22H,14-16H2,1-7H3,(H,28,31). The first kappa shape index (κ1) is 26.6. The van der Waals surface area contributed by atoms with Crippen molar-refractivity contribution in [3.8, 4) is 0 Å². The molecule has 0 spiro atoms. The SMILES string of the molecule is CC(C)C(=O)N1C(C)CN(C(=O)OC(C)(C)C)CC1C(=O)NCC1C=CC(c2ccco2)=CC1C. The monoisotopic (exact) mass is 485 g/mol. The Morgan fingerprint density at radius 2 is 1.91 bits per heavy atom. The number of nitrogens with one attached hydrogen (secondary N) is 1. The lowest BCUT2D eigenvalue weighted by atomic mass is 9.86. The zero-order chi connectivity index (χ0) is 25.9. The molecule has 35 heavy (non-hydrogen) atoms. The van der Waals surface area contributed by atoms with Crippen molar-refractivity contribution in [2.75, 3.05) is 19.6 Å². The minimum atomic E-state index is -0.779. The topological polar surface area (TPSA) is 92.1 Å². The second kappa shape index (κ2) is 10.7. The van der Waals surface area contributed by atoms with Gasteiger partial charge in [0, 0.05) is 36.5 Å². The quantitative estimate of drug-likeness (QED) is 0.678. The second-order valence-electron chi connectivity index (χ2n) is 10.9. The van der Waals surface area contributed by atoms with Crippen molar-refractivity contribution in [3.05, 3.63) is 42.4 Å². The number of piperazine rings is 1. The van der Waals surface area contributed by atoms with Crippen LogP contribution in [0.4, 0.5) is 4.79 Å². The summed E-state index contributed by atoms with van der Waals surface area (Å²) in [5.74, 6) is 0.496. The van der Waals surface area contributed by atoms with E-state index in [4.69, 9.17) is 9.15 Å². The summed E-state index contributed by atoms with van der Waals surface area (Å²) in [5, 5.41) is 3.04. The van der Waals surface area contributed by atoms with Gasteiger partial charge in [-0.2, -0.15) is 0 Å². The molecular formula is C27H39N3O5. The Bertz CT molecular complexity index is 973. The van der Waals surface area contributed by atoms with Gasteiger partial charge in [-0.1, -0.05) is 39.0 Å². The van der Waals surface area contributed by atoms with Gasteiger partial charge in [-0.25, -0.2) is 4.79 Å². The van der Waals surface area contributed by atoms with Crippen molar-refractivity contribution < 1.29 is 23.5 Å². The summed E-state index contributed by atoms with van der Waals surface area (Å²) in [6.07, 6.45) is 7.40. The van der Waals surface area contributed by atoms with Gasteiger partial charge >= 0.3 is 6.09 Å². The van der Waals surface area contributed by atoms with E-state index in [2.05, 4.69) is 24.4 Å². The average Bonchev–Trinajstić information content (AvgIpc) is 3.30. The van der Waals surface area contributed by atoms with E-state index in [1.165, 1.54) is 4.90 Å². The highest BCUT2D eigenvalue weighted by Gasteiger charge is 2.42. The molecule has 4 atom stereocenters. The largest absolute Gasteiger partial charge is 0.464 e. The fourth-order valence-corrected chi connectivity index (χ4v) is 4.50. The fraction of sp³-hybridized carbons (Fsp3) is 0.593. The number of amides is 3. The smallest absolute Gasteiger partial charge is 0.410 e. The molecule has 1 aliphatic carbocycles. The van der Waals surface area contributed by atoms with E-state index in [1.807, 2.05) is 59.8 Å². The van der Waals surface area contributed by atoms with Crippen LogP contribution in [0.15, 0.2) is 41.0 Å². The second-order valence-corrected chi connectivity index (χ2v) is 10.9. The van der Waals surface area contributed by atoms with Gasteiger partial charge in [0.15, 0.2) is 0 Å². The van der Waals surface area contributed by atoms with Crippen LogP contribution in [-0.4, -0.2) is 65.0 Å². The summed E-state index contributed by atoms with van der Waals surface area (Å²) >= 11 is 0. The van der Waals surface area contributed by atoms with Crippen LogP contribution in [0.3, 0.4) is 0 Å². The number of hydrogen-bond acceptors (Lipinski definition) is 5. The van der Waals surface area contributed by atoms with Crippen LogP contribution in [-0.2, 0) is 14.3 Å². The molecule has 192 valence electrons. The molecule has 8 nitrogen and oxygen atoms in total. The lowest BCUT2D eigenvalue weighted by molar-refractivity contribution is -0.149. The number of carbonyl (C=O) groups excluding carboxylic acids is 3.